The standard InChI is InChI=1S/C12H16N4O3S/c1-3-13-7-11-4-12(9(2)19-11)20(17,18)16-10-5-14-8-15-6-10/h4-6,8,13,16H,3,7H2,1-2H3. The van der Waals surface area contributed by atoms with Crippen molar-refractivity contribution in [1.29, 1.82) is 0 Å². The molecule has 0 aliphatic carbocycles. The van der Waals surface area contributed by atoms with Gasteiger partial charge in [-0.15, -0.1) is 0 Å². The van der Waals surface area contributed by atoms with E-state index in [0.717, 1.165) is 6.54 Å². The molecule has 8 heteroatoms. The summed E-state index contributed by atoms with van der Waals surface area (Å²) >= 11 is 0. The smallest absolute Gasteiger partial charge is 0.265 e. The van der Waals surface area contributed by atoms with E-state index in [0.29, 0.717) is 23.8 Å². The molecule has 2 aromatic rings. The number of aromatic nitrogens is 2. The fourth-order valence-corrected chi connectivity index (χ4v) is 2.92. The van der Waals surface area contributed by atoms with Crippen LogP contribution in [0.1, 0.15) is 18.4 Å². The fraction of sp³-hybridized carbons (Fsp3) is 0.333. The van der Waals surface area contributed by atoms with Gasteiger partial charge < -0.3 is 9.73 Å². The monoisotopic (exact) mass is 296 g/mol. The van der Waals surface area contributed by atoms with E-state index in [1.807, 2.05) is 6.92 Å². The Morgan fingerprint density at radius 3 is 2.65 bits per heavy atom. The Hall–Kier alpha value is -1.93. The van der Waals surface area contributed by atoms with Crippen LogP contribution in [0.5, 0.6) is 0 Å². The van der Waals surface area contributed by atoms with Crippen molar-refractivity contribution >= 4 is 15.7 Å². The van der Waals surface area contributed by atoms with Crippen molar-refractivity contribution in [2.24, 2.45) is 0 Å². The quantitative estimate of drug-likeness (QED) is 0.833. The Balaban J connectivity index is 2.23. The number of aryl methyl sites for hydroxylation is 1. The van der Waals surface area contributed by atoms with Crippen LogP contribution in [-0.2, 0) is 16.6 Å². The largest absolute Gasteiger partial charge is 0.464 e. The van der Waals surface area contributed by atoms with Gasteiger partial charge in [0.15, 0.2) is 0 Å². The summed E-state index contributed by atoms with van der Waals surface area (Å²) in [6, 6.07) is 1.52. The number of anilines is 1. The normalized spacial score (nSPS) is 11.5. The number of rotatable bonds is 6. The van der Waals surface area contributed by atoms with Gasteiger partial charge in [0.05, 0.1) is 24.6 Å². The first-order valence-corrected chi connectivity index (χ1v) is 7.59. The van der Waals surface area contributed by atoms with Gasteiger partial charge in [-0.3, -0.25) is 4.72 Å². The summed E-state index contributed by atoms with van der Waals surface area (Å²) in [5.74, 6) is 0.927. The Morgan fingerprint density at radius 1 is 1.30 bits per heavy atom. The summed E-state index contributed by atoms with van der Waals surface area (Å²) in [6.07, 6.45) is 4.11. The van der Waals surface area contributed by atoms with Crippen LogP contribution < -0.4 is 10.0 Å². The third-order valence-corrected chi connectivity index (χ3v) is 4.06. The maximum absolute atomic E-state index is 12.3. The molecule has 0 amide bonds. The first-order chi connectivity index (χ1) is 9.53. The van der Waals surface area contributed by atoms with Crippen LogP contribution >= 0.6 is 0 Å². The van der Waals surface area contributed by atoms with Gasteiger partial charge in [0.2, 0.25) is 0 Å². The molecule has 0 bridgehead atoms. The van der Waals surface area contributed by atoms with E-state index in [1.54, 1.807) is 6.92 Å². The molecule has 7 nitrogen and oxygen atoms in total. The van der Waals surface area contributed by atoms with Gasteiger partial charge in [-0.1, -0.05) is 6.92 Å². The van der Waals surface area contributed by atoms with Gasteiger partial charge in [-0.25, -0.2) is 18.4 Å². The molecule has 0 spiro atoms. The lowest BCUT2D eigenvalue weighted by Crippen LogP contribution is -2.14. The Labute approximate surface area is 117 Å². The molecule has 0 aromatic carbocycles. The molecule has 2 N–H and O–H groups in total. The van der Waals surface area contributed by atoms with Crippen molar-refractivity contribution in [2.75, 3.05) is 11.3 Å². The molecule has 0 saturated carbocycles. The second-order valence-corrected chi connectivity index (χ2v) is 5.80. The van der Waals surface area contributed by atoms with Crippen molar-refractivity contribution in [3.63, 3.8) is 0 Å². The van der Waals surface area contributed by atoms with Gasteiger partial charge in [0.25, 0.3) is 10.0 Å². The minimum atomic E-state index is -3.70. The highest BCUT2D eigenvalue weighted by Crippen LogP contribution is 2.22. The molecule has 0 fully saturated rings. The second kappa shape index (κ2) is 6.02. The minimum absolute atomic E-state index is 0.120. The number of nitrogens with one attached hydrogen (secondary N) is 2. The second-order valence-electron chi connectivity index (χ2n) is 4.15. The Bertz CT molecular complexity index is 667. The molecule has 0 aliphatic rings. The van der Waals surface area contributed by atoms with Crippen molar-refractivity contribution < 1.29 is 12.8 Å². The average molecular weight is 296 g/mol. The number of sulfonamides is 1. The number of hydrogen-bond acceptors (Lipinski definition) is 6. The molecule has 0 radical (unpaired) electrons. The molecule has 2 rings (SSSR count). The molecule has 0 aliphatic heterocycles. The SMILES string of the molecule is CCNCc1cc(S(=O)(=O)Nc2cncnc2)c(C)o1. The zero-order valence-corrected chi connectivity index (χ0v) is 12.1. The van der Waals surface area contributed by atoms with Crippen LogP contribution in [0.15, 0.2) is 34.1 Å². The fourth-order valence-electron chi connectivity index (χ4n) is 1.69. The van der Waals surface area contributed by atoms with Gasteiger partial charge in [0, 0.05) is 6.07 Å². The van der Waals surface area contributed by atoms with Crippen LogP contribution in [0, 0.1) is 6.92 Å². The molecule has 0 atom stereocenters. The van der Waals surface area contributed by atoms with Crippen LogP contribution in [0.25, 0.3) is 0 Å². The van der Waals surface area contributed by atoms with E-state index in [-0.39, 0.29) is 4.90 Å². The highest BCUT2D eigenvalue weighted by Gasteiger charge is 2.21. The third-order valence-electron chi connectivity index (χ3n) is 2.57. The Kier molecular flexibility index (Phi) is 4.35. The number of hydrogen-bond donors (Lipinski definition) is 2. The first kappa shape index (κ1) is 14.5. The lowest BCUT2D eigenvalue weighted by atomic mass is 10.4. The van der Waals surface area contributed by atoms with E-state index in [1.165, 1.54) is 24.8 Å². The van der Waals surface area contributed by atoms with E-state index >= 15 is 0 Å². The predicted molar refractivity (Wildman–Crippen MR) is 73.7 cm³/mol. The maximum atomic E-state index is 12.3. The van der Waals surface area contributed by atoms with Crippen molar-refractivity contribution in [3.05, 3.63) is 36.3 Å². The summed E-state index contributed by atoms with van der Waals surface area (Å²) in [5.41, 5.74) is 0.307. The van der Waals surface area contributed by atoms with Crippen molar-refractivity contribution in [2.45, 2.75) is 25.3 Å². The molecular formula is C12H16N4O3S. The summed E-state index contributed by atoms with van der Waals surface area (Å²) in [7, 11) is -3.70. The van der Waals surface area contributed by atoms with Gasteiger partial charge in [0.1, 0.15) is 22.7 Å². The number of furan rings is 1. The van der Waals surface area contributed by atoms with Crippen LogP contribution in [0.3, 0.4) is 0 Å². The molecule has 20 heavy (non-hydrogen) atoms. The van der Waals surface area contributed by atoms with Gasteiger partial charge in [-0.2, -0.15) is 0 Å². The van der Waals surface area contributed by atoms with Crippen LogP contribution in [-0.4, -0.2) is 24.9 Å². The summed E-state index contributed by atoms with van der Waals surface area (Å²) in [5, 5.41) is 3.08. The maximum Gasteiger partial charge on any atom is 0.265 e. The van der Waals surface area contributed by atoms with Gasteiger partial charge >= 0.3 is 0 Å². The van der Waals surface area contributed by atoms with E-state index in [2.05, 4.69) is 20.0 Å². The first-order valence-electron chi connectivity index (χ1n) is 6.11. The van der Waals surface area contributed by atoms with E-state index < -0.39 is 10.0 Å². The topological polar surface area (TPSA) is 97.1 Å². The third kappa shape index (κ3) is 3.34. The molecule has 0 unspecified atom stereocenters. The van der Waals surface area contributed by atoms with E-state index in [4.69, 9.17) is 4.42 Å². The zero-order chi connectivity index (χ0) is 14.6. The van der Waals surface area contributed by atoms with Gasteiger partial charge in [-0.05, 0) is 13.5 Å². The highest BCUT2D eigenvalue weighted by atomic mass is 32.2. The molecule has 2 heterocycles. The number of nitrogens with zero attached hydrogens (tertiary/aromatic N) is 2. The summed E-state index contributed by atoms with van der Waals surface area (Å²) < 4.78 is 32.4. The zero-order valence-electron chi connectivity index (χ0n) is 11.3. The Morgan fingerprint density at radius 2 is 2.00 bits per heavy atom. The van der Waals surface area contributed by atoms with E-state index in [9.17, 15) is 8.42 Å². The molecular weight excluding hydrogens is 280 g/mol. The highest BCUT2D eigenvalue weighted by molar-refractivity contribution is 7.92. The van der Waals surface area contributed by atoms with Crippen molar-refractivity contribution in [1.82, 2.24) is 15.3 Å². The van der Waals surface area contributed by atoms with Crippen LogP contribution in [0.4, 0.5) is 5.69 Å². The summed E-state index contributed by atoms with van der Waals surface area (Å²) in [4.78, 5) is 7.64. The molecule has 0 saturated heterocycles. The lowest BCUT2D eigenvalue weighted by molar-refractivity contribution is 0.460. The molecule has 108 valence electrons. The average Bonchev–Trinajstić information content (AvgIpc) is 2.79. The minimum Gasteiger partial charge on any atom is -0.464 e. The summed E-state index contributed by atoms with van der Waals surface area (Å²) in [6.45, 7) is 4.85. The molecule has 2 aromatic heterocycles. The van der Waals surface area contributed by atoms with Crippen LogP contribution in [0.2, 0.25) is 0 Å². The van der Waals surface area contributed by atoms with Crippen molar-refractivity contribution in [3.8, 4) is 0 Å². The predicted octanol–water partition coefficient (Wildman–Crippen LogP) is 1.29. The lowest BCUT2D eigenvalue weighted by Gasteiger charge is -2.05.